The maximum absolute atomic E-state index is 12.6. The van der Waals surface area contributed by atoms with Gasteiger partial charge in [-0.15, -0.1) is 0 Å². The molecule has 0 saturated heterocycles. The zero-order chi connectivity index (χ0) is 22.9. The van der Waals surface area contributed by atoms with E-state index in [0.717, 1.165) is 33.3 Å². The standard InChI is InChI=1S/C27H28N4O/c1-18-15-27(2,3)31(4)25-10-9-19(14-23(18)25)13-21(16-28)26(32)29-12-11-20-17-30-24-8-6-5-7-22(20)24/h5-10,13-15,17,30H,11-12H2,1-4H3,(H,29,32)/b21-13-. The van der Waals surface area contributed by atoms with Crippen LogP contribution in [0.5, 0.6) is 0 Å². The van der Waals surface area contributed by atoms with Crippen LogP contribution in [-0.2, 0) is 11.2 Å². The number of benzene rings is 2. The van der Waals surface area contributed by atoms with Crippen molar-refractivity contribution in [2.24, 2.45) is 0 Å². The van der Waals surface area contributed by atoms with Gasteiger partial charge in [-0.25, -0.2) is 0 Å². The minimum Gasteiger partial charge on any atom is -0.366 e. The SMILES string of the molecule is CC1=CC(C)(C)N(C)c2ccc(/C=C(/C#N)C(=O)NCCc3c[nH]c4ccccc34)cc21. The number of H-pyrrole nitrogens is 1. The van der Waals surface area contributed by atoms with Crippen LogP contribution in [0.2, 0.25) is 0 Å². The van der Waals surface area contributed by atoms with Crippen LogP contribution in [0.25, 0.3) is 22.6 Å². The number of carbonyl (C=O) groups excluding carboxylic acids is 1. The van der Waals surface area contributed by atoms with Crippen molar-refractivity contribution < 1.29 is 4.79 Å². The number of hydrogen-bond donors (Lipinski definition) is 2. The number of allylic oxidation sites excluding steroid dienone is 1. The third kappa shape index (κ3) is 4.04. The number of para-hydroxylation sites is 1. The van der Waals surface area contributed by atoms with E-state index in [1.54, 1.807) is 6.08 Å². The largest absolute Gasteiger partial charge is 0.366 e. The summed E-state index contributed by atoms with van der Waals surface area (Å²) in [5, 5.41) is 13.6. The lowest BCUT2D eigenvalue weighted by Gasteiger charge is -2.40. The third-order valence-electron chi connectivity index (χ3n) is 6.27. The third-order valence-corrected chi connectivity index (χ3v) is 6.27. The van der Waals surface area contributed by atoms with Gasteiger partial charge in [0.25, 0.3) is 5.91 Å². The van der Waals surface area contributed by atoms with Crippen molar-refractivity contribution in [3.8, 4) is 6.07 Å². The highest BCUT2D eigenvalue weighted by Gasteiger charge is 2.28. The fraction of sp³-hybridized carbons (Fsp3) is 0.259. The molecule has 2 N–H and O–H groups in total. The summed E-state index contributed by atoms with van der Waals surface area (Å²) >= 11 is 0. The van der Waals surface area contributed by atoms with E-state index in [1.165, 1.54) is 5.57 Å². The number of amides is 1. The van der Waals surface area contributed by atoms with Gasteiger partial charge in [0.15, 0.2) is 0 Å². The van der Waals surface area contributed by atoms with E-state index >= 15 is 0 Å². The second-order valence-electron chi connectivity index (χ2n) is 8.85. The number of aromatic nitrogens is 1. The smallest absolute Gasteiger partial charge is 0.261 e. The lowest BCUT2D eigenvalue weighted by Crippen LogP contribution is -2.42. The fourth-order valence-corrected chi connectivity index (χ4v) is 4.33. The highest BCUT2D eigenvalue weighted by molar-refractivity contribution is 6.02. The Bertz CT molecular complexity index is 1290. The Kier molecular flexibility index (Phi) is 5.63. The first-order valence-electron chi connectivity index (χ1n) is 10.8. The minimum absolute atomic E-state index is 0.0586. The highest BCUT2D eigenvalue weighted by atomic mass is 16.1. The Balaban J connectivity index is 1.48. The molecule has 0 aliphatic carbocycles. The van der Waals surface area contributed by atoms with Crippen LogP contribution in [0.3, 0.4) is 0 Å². The zero-order valence-corrected chi connectivity index (χ0v) is 19.0. The normalized spacial score (nSPS) is 15.2. The van der Waals surface area contributed by atoms with Crippen molar-refractivity contribution in [2.45, 2.75) is 32.7 Å². The molecule has 5 nitrogen and oxygen atoms in total. The van der Waals surface area contributed by atoms with Crippen LogP contribution in [0.1, 0.15) is 37.5 Å². The first kappa shape index (κ1) is 21.5. The molecule has 162 valence electrons. The van der Waals surface area contributed by atoms with E-state index < -0.39 is 0 Å². The molecule has 0 bridgehead atoms. The van der Waals surface area contributed by atoms with Crippen molar-refractivity contribution in [1.29, 1.82) is 5.26 Å². The van der Waals surface area contributed by atoms with Crippen LogP contribution < -0.4 is 10.2 Å². The van der Waals surface area contributed by atoms with Gasteiger partial charge >= 0.3 is 0 Å². The molecule has 1 aromatic heterocycles. The number of nitrogens with one attached hydrogen (secondary N) is 2. The Hall–Kier alpha value is -3.78. The van der Waals surface area contributed by atoms with Gasteiger partial charge < -0.3 is 15.2 Å². The van der Waals surface area contributed by atoms with Gasteiger partial charge in [0.2, 0.25) is 0 Å². The maximum atomic E-state index is 12.6. The number of nitrogens with zero attached hydrogens (tertiary/aromatic N) is 2. The number of hydrogen-bond acceptors (Lipinski definition) is 3. The van der Waals surface area contributed by atoms with Gasteiger partial charge in [-0.1, -0.05) is 30.3 Å². The Morgan fingerprint density at radius 1 is 1.25 bits per heavy atom. The second-order valence-corrected chi connectivity index (χ2v) is 8.85. The van der Waals surface area contributed by atoms with Crippen LogP contribution in [-0.4, -0.2) is 30.0 Å². The second kappa shape index (κ2) is 8.39. The van der Waals surface area contributed by atoms with Crippen molar-refractivity contribution in [3.05, 3.63) is 77.0 Å². The quantitative estimate of drug-likeness (QED) is 0.444. The molecule has 1 amide bonds. The molecule has 0 saturated carbocycles. The van der Waals surface area contributed by atoms with Gasteiger partial charge in [-0.05, 0) is 68.2 Å². The molecule has 2 aromatic carbocycles. The average molecular weight is 425 g/mol. The van der Waals surface area contributed by atoms with Gasteiger partial charge in [0.05, 0.1) is 5.54 Å². The summed E-state index contributed by atoms with van der Waals surface area (Å²) in [7, 11) is 2.08. The number of rotatable bonds is 5. The lowest BCUT2D eigenvalue weighted by atomic mass is 9.88. The summed E-state index contributed by atoms with van der Waals surface area (Å²) < 4.78 is 0. The van der Waals surface area contributed by atoms with Gasteiger partial charge in [-0.3, -0.25) is 4.79 Å². The van der Waals surface area contributed by atoms with Gasteiger partial charge in [0, 0.05) is 41.9 Å². The number of aromatic amines is 1. The van der Waals surface area contributed by atoms with E-state index in [-0.39, 0.29) is 17.0 Å². The topological polar surface area (TPSA) is 71.9 Å². The van der Waals surface area contributed by atoms with Crippen LogP contribution in [0.4, 0.5) is 5.69 Å². The molecule has 0 radical (unpaired) electrons. The highest BCUT2D eigenvalue weighted by Crippen LogP contribution is 2.38. The molecular formula is C27H28N4O. The monoisotopic (exact) mass is 424 g/mol. The van der Waals surface area contributed by atoms with Crippen molar-refractivity contribution >= 4 is 34.1 Å². The molecule has 2 heterocycles. The zero-order valence-electron chi connectivity index (χ0n) is 19.0. The summed E-state index contributed by atoms with van der Waals surface area (Å²) in [4.78, 5) is 18.1. The number of likely N-dealkylation sites (N-methyl/N-ethyl adjacent to an activating group) is 1. The van der Waals surface area contributed by atoms with Crippen molar-refractivity contribution in [1.82, 2.24) is 10.3 Å². The van der Waals surface area contributed by atoms with Gasteiger partial charge in [-0.2, -0.15) is 5.26 Å². The van der Waals surface area contributed by atoms with E-state index in [2.05, 4.69) is 67.3 Å². The first-order chi connectivity index (χ1) is 15.3. The minimum atomic E-state index is -0.351. The molecule has 1 aliphatic rings. The van der Waals surface area contributed by atoms with Gasteiger partial charge in [0.1, 0.15) is 11.6 Å². The molecule has 32 heavy (non-hydrogen) atoms. The summed E-state index contributed by atoms with van der Waals surface area (Å²) in [6, 6.07) is 16.2. The predicted molar refractivity (Wildman–Crippen MR) is 131 cm³/mol. The van der Waals surface area contributed by atoms with Crippen LogP contribution in [0.15, 0.2) is 60.3 Å². The summed E-state index contributed by atoms with van der Waals surface area (Å²) in [6.07, 6.45) is 6.57. The molecule has 0 atom stereocenters. The van der Waals surface area contributed by atoms with E-state index in [4.69, 9.17) is 0 Å². The van der Waals surface area contributed by atoms with Crippen LogP contribution in [0, 0.1) is 11.3 Å². The summed E-state index contributed by atoms with van der Waals surface area (Å²) in [5.74, 6) is -0.351. The number of anilines is 1. The maximum Gasteiger partial charge on any atom is 0.261 e. The molecule has 5 heteroatoms. The first-order valence-corrected chi connectivity index (χ1v) is 10.8. The summed E-state index contributed by atoms with van der Waals surface area (Å²) in [6.45, 7) is 6.93. The van der Waals surface area contributed by atoms with E-state index in [0.29, 0.717) is 13.0 Å². The summed E-state index contributed by atoms with van der Waals surface area (Å²) in [5.41, 5.74) is 6.58. The molecule has 0 spiro atoms. The number of nitriles is 1. The lowest BCUT2D eigenvalue weighted by molar-refractivity contribution is -0.117. The Morgan fingerprint density at radius 2 is 2.03 bits per heavy atom. The molecule has 0 unspecified atom stereocenters. The molecule has 4 rings (SSSR count). The Labute approximate surface area is 189 Å². The number of carbonyl (C=O) groups is 1. The fourth-order valence-electron chi connectivity index (χ4n) is 4.33. The van der Waals surface area contributed by atoms with E-state index in [1.807, 2.05) is 36.5 Å². The van der Waals surface area contributed by atoms with Crippen LogP contribution >= 0.6 is 0 Å². The average Bonchev–Trinajstić information content (AvgIpc) is 3.18. The van der Waals surface area contributed by atoms with Crippen molar-refractivity contribution in [3.63, 3.8) is 0 Å². The molecule has 1 aliphatic heterocycles. The molecule has 0 fully saturated rings. The van der Waals surface area contributed by atoms with Crippen molar-refractivity contribution in [2.75, 3.05) is 18.5 Å². The predicted octanol–water partition coefficient (Wildman–Crippen LogP) is 5.07. The van der Waals surface area contributed by atoms with E-state index in [9.17, 15) is 10.1 Å². The number of fused-ring (bicyclic) bond motifs is 2. The Morgan fingerprint density at radius 3 is 2.81 bits per heavy atom. The molecular weight excluding hydrogens is 396 g/mol. The molecule has 3 aromatic rings.